The van der Waals surface area contributed by atoms with Crippen LogP contribution < -0.4 is 5.32 Å². The molecule has 1 aromatic heterocycles. The molecule has 2 aromatic rings. The fraction of sp³-hybridized carbons (Fsp3) is 0.375. The Morgan fingerprint density at radius 1 is 1.33 bits per heavy atom. The molecule has 0 aliphatic rings. The molecule has 5 heteroatoms. The first-order valence-electron chi connectivity index (χ1n) is 7.02. The van der Waals surface area contributed by atoms with E-state index in [-0.39, 0.29) is 5.97 Å². The van der Waals surface area contributed by atoms with E-state index >= 15 is 0 Å². The SMILES string of the molecule is CCOC(=O)CCNc1nc(-c2ccc(C)c(C)c2)cs1. The van der Waals surface area contributed by atoms with Crippen molar-refractivity contribution in [2.24, 2.45) is 0 Å². The van der Waals surface area contributed by atoms with Crippen molar-refractivity contribution in [3.8, 4) is 11.3 Å². The summed E-state index contributed by atoms with van der Waals surface area (Å²) in [6.45, 7) is 6.97. The van der Waals surface area contributed by atoms with E-state index in [0.717, 1.165) is 16.4 Å². The lowest BCUT2D eigenvalue weighted by atomic mass is 10.1. The Morgan fingerprint density at radius 3 is 2.86 bits per heavy atom. The van der Waals surface area contributed by atoms with Crippen molar-refractivity contribution >= 4 is 22.4 Å². The van der Waals surface area contributed by atoms with Gasteiger partial charge in [0.05, 0.1) is 18.7 Å². The lowest BCUT2D eigenvalue weighted by Gasteiger charge is -2.03. The largest absolute Gasteiger partial charge is 0.466 e. The van der Waals surface area contributed by atoms with E-state index < -0.39 is 0 Å². The summed E-state index contributed by atoms with van der Waals surface area (Å²) in [7, 11) is 0. The maximum absolute atomic E-state index is 11.3. The van der Waals surface area contributed by atoms with Crippen LogP contribution in [0.3, 0.4) is 0 Å². The monoisotopic (exact) mass is 304 g/mol. The first kappa shape index (κ1) is 15.5. The number of hydrogen-bond donors (Lipinski definition) is 1. The normalized spacial score (nSPS) is 10.4. The third kappa shape index (κ3) is 4.29. The van der Waals surface area contributed by atoms with Crippen LogP contribution in [0.4, 0.5) is 5.13 Å². The van der Waals surface area contributed by atoms with Gasteiger partial charge in [0.25, 0.3) is 0 Å². The molecule has 0 spiro atoms. The van der Waals surface area contributed by atoms with Gasteiger partial charge in [-0.2, -0.15) is 0 Å². The molecule has 0 radical (unpaired) electrons. The van der Waals surface area contributed by atoms with Gasteiger partial charge >= 0.3 is 5.97 Å². The van der Waals surface area contributed by atoms with Gasteiger partial charge in [-0.1, -0.05) is 12.1 Å². The molecule has 1 N–H and O–H groups in total. The lowest BCUT2D eigenvalue weighted by Crippen LogP contribution is -2.11. The van der Waals surface area contributed by atoms with Crippen LogP contribution in [0.5, 0.6) is 0 Å². The summed E-state index contributed by atoms with van der Waals surface area (Å²) >= 11 is 1.55. The molecule has 0 atom stereocenters. The van der Waals surface area contributed by atoms with Crippen molar-refractivity contribution in [3.05, 3.63) is 34.7 Å². The van der Waals surface area contributed by atoms with Crippen molar-refractivity contribution in [3.63, 3.8) is 0 Å². The third-order valence-electron chi connectivity index (χ3n) is 3.22. The van der Waals surface area contributed by atoms with Crippen molar-refractivity contribution in [1.29, 1.82) is 0 Å². The van der Waals surface area contributed by atoms with Crippen LogP contribution in [0.15, 0.2) is 23.6 Å². The Kier molecular flexibility index (Phi) is 5.33. The first-order chi connectivity index (χ1) is 10.1. The molecule has 0 fully saturated rings. The van der Waals surface area contributed by atoms with Crippen LogP contribution in [0.2, 0.25) is 0 Å². The van der Waals surface area contributed by atoms with Gasteiger partial charge in [-0.05, 0) is 38.0 Å². The predicted octanol–water partition coefficient (Wildman–Crippen LogP) is 3.79. The van der Waals surface area contributed by atoms with Crippen LogP contribution in [-0.2, 0) is 9.53 Å². The zero-order valence-electron chi connectivity index (χ0n) is 12.6. The molecular weight excluding hydrogens is 284 g/mol. The number of nitrogens with zero attached hydrogens (tertiary/aromatic N) is 1. The topological polar surface area (TPSA) is 51.2 Å². The molecule has 4 nitrogen and oxygen atoms in total. The minimum atomic E-state index is -0.184. The van der Waals surface area contributed by atoms with Gasteiger partial charge in [-0.25, -0.2) is 4.98 Å². The van der Waals surface area contributed by atoms with Gasteiger partial charge in [0.1, 0.15) is 0 Å². The van der Waals surface area contributed by atoms with Crippen LogP contribution in [-0.4, -0.2) is 24.1 Å². The number of ether oxygens (including phenoxy) is 1. The standard InChI is InChI=1S/C16H20N2O2S/c1-4-20-15(19)7-8-17-16-18-14(10-21-16)13-6-5-11(2)12(3)9-13/h5-6,9-10H,4,7-8H2,1-3H3,(H,17,18). The highest BCUT2D eigenvalue weighted by atomic mass is 32.1. The lowest BCUT2D eigenvalue weighted by molar-refractivity contribution is -0.142. The minimum Gasteiger partial charge on any atom is -0.466 e. The summed E-state index contributed by atoms with van der Waals surface area (Å²) in [5, 5.41) is 6.01. The number of benzene rings is 1. The second-order valence-corrected chi connectivity index (χ2v) is 5.68. The fourth-order valence-electron chi connectivity index (χ4n) is 1.89. The Labute approximate surface area is 129 Å². The molecule has 1 aromatic carbocycles. The van der Waals surface area contributed by atoms with E-state index in [1.807, 2.05) is 12.3 Å². The molecule has 0 saturated carbocycles. The molecular formula is C16H20N2O2S. The number of hydrogen-bond acceptors (Lipinski definition) is 5. The number of thiazole rings is 1. The predicted molar refractivity (Wildman–Crippen MR) is 86.8 cm³/mol. The van der Waals surface area contributed by atoms with Gasteiger partial charge in [-0.15, -0.1) is 11.3 Å². The zero-order chi connectivity index (χ0) is 15.2. The van der Waals surface area contributed by atoms with Gasteiger partial charge in [0, 0.05) is 17.5 Å². The van der Waals surface area contributed by atoms with Crippen LogP contribution in [0.1, 0.15) is 24.5 Å². The van der Waals surface area contributed by atoms with Crippen LogP contribution >= 0.6 is 11.3 Å². The van der Waals surface area contributed by atoms with Gasteiger partial charge in [0.15, 0.2) is 5.13 Å². The number of rotatable bonds is 6. The van der Waals surface area contributed by atoms with E-state index in [2.05, 4.69) is 42.3 Å². The number of carbonyl (C=O) groups excluding carboxylic acids is 1. The zero-order valence-corrected chi connectivity index (χ0v) is 13.4. The highest BCUT2D eigenvalue weighted by molar-refractivity contribution is 7.14. The molecule has 1 heterocycles. The van der Waals surface area contributed by atoms with Gasteiger partial charge < -0.3 is 10.1 Å². The number of carbonyl (C=O) groups is 1. The average molecular weight is 304 g/mol. The summed E-state index contributed by atoms with van der Waals surface area (Å²) in [6.07, 6.45) is 0.354. The number of esters is 1. The molecule has 0 aliphatic carbocycles. The molecule has 2 rings (SSSR count). The van der Waals surface area contributed by atoms with Crippen molar-refractivity contribution in [2.45, 2.75) is 27.2 Å². The average Bonchev–Trinajstić information content (AvgIpc) is 2.91. The van der Waals surface area contributed by atoms with Crippen molar-refractivity contribution in [1.82, 2.24) is 4.98 Å². The highest BCUT2D eigenvalue weighted by Crippen LogP contribution is 2.26. The van der Waals surface area contributed by atoms with E-state index in [9.17, 15) is 4.79 Å². The van der Waals surface area contributed by atoms with Crippen LogP contribution in [0.25, 0.3) is 11.3 Å². The highest BCUT2D eigenvalue weighted by Gasteiger charge is 2.06. The summed E-state index contributed by atoms with van der Waals surface area (Å²) in [5.74, 6) is -0.184. The molecule has 112 valence electrons. The molecule has 0 unspecified atom stereocenters. The summed E-state index contributed by atoms with van der Waals surface area (Å²) in [6, 6.07) is 6.34. The Hall–Kier alpha value is -1.88. The number of anilines is 1. The van der Waals surface area contributed by atoms with Crippen LogP contribution in [0, 0.1) is 13.8 Å². The maximum atomic E-state index is 11.3. The van der Waals surface area contributed by atoms with Crippen molar-refractivity contribution < 1.29 is 9.53 Å². The van der Waals surface area contributed by atoms with Crippen molar-refractivity contribution in [2.75, 3.05) is 18.5 Å². The van der Waals surface area contributed by atoms with Gasteiger partial charge in [0.2, 0.25) is 0 Å². The van der Waals surface area contributed by atoms with E-state index in [4.69, 9.17) is 4.74 Å². The Morgan fingerprint density at radius 2 is 2.14 bits per heavy atom. The van der Waals surface area contributed by atoms with E-state index in [0.29, 0.717) is 19.6 Å². The minimum absolute atomic E-state index is 0.184. The fourth-order valence-corrected chi connectivity index (χ4v) is 2.64. The van der Waals surface area contributed by atoms with E-state index in [1.54, 1.807) is 11.3 Å². The van der Waals surface area contributed by atoms with Gasteiger partial charge in [-0.3, -0.25) is 4.79 Å². The molecule has 0 aliphatic heterocycles. The second kappa shape index (κ2) is 7.22. The number of nitrogens with one attached hydrogen (secondary N) is 1. The Balaban J connectivity index is 1.95. The summed E-state index contributed by atoms with van der Waals surface area (Å²) in [4.78, 5) is 15.8. The third-order valence-corrected chi connectivity index (χ3v) is 4.02. The number of aromatic nitrogens is 1. The number of aryl methyl sites for hydroxylation is 2. The smallest absolute Gasteiger partial charge is 0.307 e. The van der Waals surface area contributed by atoms with E-state index in [1.165, 1.54) is 11.1 Å². The summed E-state index contributed by atoms with van der Waals surface area (Å²) < 4.78 is 4.88. The Bertz CT molecular complexity index is 622. The maximum Gasteiger partial charge on any atom is 0.307 e. The quantitative estimate of drug-likeness (QED) is 0.825. The molecule has 0 bridgehead atoms. The molecule has 21 heavy (non-hydrogen) atoms. The first-order valence-corrected chi connectivity index (χ1v) is 7.90. The second-order valence-electron chi connectivity index (χ2n) is 4.82. The summed E-state index contributed by atoms with van der Waals surface area (Å²) in [5.41, 5.74) is 4.62. The molecule has 0 amide bonds. The molecule has 0 saturated heterocycles.